The third kappa shape index (κ3) is 4.53. The van der Waals surface area contributed by atoms with Gasteiger partial charge >= 0.3 is 0 Å². The summed E-state index contributed by atoms with van der Waals surface area (Å²) in [6.07, 6.45) is 6.25. The molecule has 2 aromatic heterocycles. The van der Waals surface area contributed by atoms with Crippen molar-refractivity contribution in [2.24, 2.45) is 7.05 Å². The van der Waals surface area contributed by atoms with Crippen LogP contribution in [0.15, 0.2) is 48.9 Å². The number of aryl methyl sites for hydroxylation is 3. The number of hydrogen-bond donors (Lipinski definition) is 1. The van der Waals surface area contributed by atoms with Gasteiger partial charge in [-0.25, -0.2) is 4.39 Å². The van der Waals surface area contributed by atoms with E-state index in [2.05, 4.69) is 15.4 Å². The normalized spacial score (nSPS) is 10.7. The molecule has 2 heterocycles. The Morgan fingerprint density at radius 2 is 2.00 bits per heavy atom. The minimum absolute atomic E-state index is 0.0673. The highest BCUT2D eigenvalue weighted by molar-refractivity contribution is 5.76. The van der Waals surface area contributed by atoms with Gasteiger partial charge < -0.3 is 5.32 Å². The number of carbonyl (C=O) groups excluding carboxylic acids is 1. The smallest absolute Gasteiger partial charge is 0.220 e. The molecule has 5 nitrogen and oxygen atoms in total. The summed E-state index contributed by atoms with van der Waals surface area (Å²) in [4.78, 5) is 16.4. The maximum Gasteiger partial charge on any atom is 0.220 e. The standard InChI is InChI=1S/C20H21FN4O/c1-14-3-4-15(9-18(14)21)6-8-20(26)23-11-16-5-7-19(22-10-16)17-12-24-25(2)13-17/h3-5,7,9-10,12-13H,6,8,11H2,1-2H3,(H,23,26). The quantitative estimate of drug-likeness (QED) is 0.741. The van der Waals surface area contributed by atoms with Crippen molar-refractivity contribution in [3.05, 3.63) is 71.4 Å². The first-order chi connectivity index (χ1) is 12.5. The van der Waals surface area contributed by atoms with E-state index in [1.165, 1.54) is 6.07 Å². The molecule has 0 unspecified atom stereocenters. The number of halogens is 1. The third-order valence-corrected chi connectivity index (χ3v) is 4.19. The fourth-order valence-electron chi connectivity index (χ4n) is 2.59. The van der Waals surface area contributed by atoms with E-state index in [1.54, 1.807) is 30.1 Å². The molecule has 134 valence electrons. The highest BCUT2D eigenvalue weighted by Crippen LogP contribution is 2.15. The summed E-state index contributed by atoms with van der Waals surface area (Å²) in [6.45, 7) is 2.14. The Morgan fingerprint density at radius 1 is 1.19 bits per heavy atom. The van der Waals surface area contributed by atoms with Crippen LogP contribution in [0.2, 0.25) is 0 Å². The Kier molecular flexibility index (Phi) is 5.41. The summed E-state index contributed by atoms with van der Waals surface area (Å²) in [5, 5.41) is 7.00. The third-order valence-electron chi connectivity index (χ3n) is 4.19. The molecule has 0 aliphatic heterocycles. The number of pyridine rings is 1. The van der Waals surface area contributed by atoms with Crippen LogP contribution in [0.1, 0.15) is 23.1 Å². The summed E-state index contributed by atoms with van der Waals surface area (Å²) >= 11 is 0. The molecule has 0 saturated heterocycles. The Bertz CT molecular complexity index is 902. The molecule has 1 amide bonds. The minimum atomic E-state index is -0.234. The van der Waals surface area contributed by atoms with E-state index in [4.69, 9.17) is 0 Å². The first kappa shape index (κ1) is 17.8. The summed E-state index contributed by atoms with van der Waals surface area (Å²) in [5.74, 6) is -0.301. The molecule has 6 heteroatoms. The summed E-state index contributed by atoms with van der Waals surface area (Å²) in [6, 6.07) is 8.92. The van der Waals surface area contributed by atoms with Crippen LogP contribution < -0.4 is 5.32 Å². The summed E-state index contributed by atoms with van der Waals surface area (Å²) in [5.41, 5.74) is 4.15. The van der Waals surface area contributed by atoms with Crippen molar-refractivity contribution in [1.29, 1.82) is 0 Å². The van der Waals surface area contributed by atoms with Crippen LogP contribution in [-0.2, 0) is 24.8 Å². The van der Waals surface area contributed by atoms with Gasteiger partial charge in [-0.15, -0.1) is 0 Å². The highest BCUT2D eigenvalue weighted by Gasteiger charge is 2.06. The fraction of sp³-hybridized carbons (Fsp3) is 0.250. The Hall–Kier alpha value is -3.02. The summed E-state index contributed by atoms with van der Waals surface area (Å²) < 4.78 is 15.2. The van der Waals surface area contributed by atoms with Crippen molar-refractivity contribution in [2.75, 3.05) is 0 Å². The number of amides is 1. The molecule has 0 aliphatic carbocycles. The molecule has 1 N–H and O–H groups in total. The largest absolute Gasteiger partial charge is 0.352 e. The van der Waals surface area contributed by atoms with Crippen LogP contribution in [0.3, 0.4) is 0 Å². The van der Waals surface area contributed by atoms with E-state index in [0.717, 1.165) is 22.4 Å². The topological polar surface area (TPSA) is 59.8 Å². The van der Waals surface area contributed by atoms with Gasteiger partial charge in [0, 0.05) is 38.0 Å². The lowest BCUT2D eigenvalue weighted by Crippen LogP contribution is -2.23. The van der Waals surface area contributed by atoms with E-state index in [0.29, 0.717) is 24.9 Å². The number of aromatic nitrogens is 3. The van der Waals surface area contributed by atoms with Gasteiger partial charge in [-0.1, -0.05) is 18.2 Å². The minimum Gasteiger partial charge on any atom is -0.352 e. The highest BCUT2D eigenvalue weighted by atomic mass is 19.1. The van der Waals surface area contributed by atoms with Gasteiger partial charge in [0.15, 0.2) is 0 Å². The molecule has 0 aliphatic rings. The van der Waals surface area contributed by atoms with E-state index < -0.39 is 0 Å². The van der Waals surface area contributed by atoms with E-state index in [-0.39, 0.29) is 11.7 Å². The van der Waals surface area contributed by atoms with Gasteiger partial charge in [0.25, 0.3) is 0 Å². The monoisotopic (exact) mass is 352 g/mol. The van der Waals surface area contributed by atoms with Crippen molar-refractivity contribution in [3.8, 4) is 11.3 Å². The van der Waals surface area contributed by atoms with Gasteiger partial charge in [0.1, 0.15) is 5.82 Å². The zero-order chi connectivity index (χ0) is 18.5. The van der Waals surface area contributed by atoms with Crippen LogP contribution in [0.4, 0.5) is 4.39 Å². The maximum atomic E-state index is 13.5. The molecule has 0 bridgehead atoms. The van der Waals surface area contributed by atoms with Crippen molar-refractivity contribution < 1.29 is 9.18 Å². The molecular weight excluding hydrogens is 331 g/mol. The zero-order valence-corrected chi connectivity index (χ0v) is 14.9. The molecule has 26 heavy (non-hydrogen) atoms. The molecule has 3 rings (SSSR count). The number of rotatable bonds is 6. The first-order valence-electron chi connectivity index (χ1n) is 8.47. The number of benzene rings is 1. The second kappa shape index (κ2) is 7.91. The predicted molar refractivity (Wildman–Crippen MR) is 97.7 cm³/mol. The van der Waals surface area contributed by atoms with Gasteiger partial charge in [-0.05, 0) is 42.2 Å². The van der Waals surface area contributed by atoms with E-state index in [1.807, 2.05) is 31.4 Å². The molecule has 0 fully saturated rings. The molecule has 3 aromatic rings. The SMILES string of the molecule is Cc1ccc(CCC(=O)NCc2ccc(-c3cnn(C)c3)nc2)cc1F. The van der Waals surface area contributed by atoms with Crippen molar-refractivity contribution in [1.82, 2.24) is 20.1 Å². The summed E-state index contributed by atoms with van der Waals surface area (Å²) in [7, 11) is 1.86. The lowest BCUT2D eigenvalue weighted by atomic mass is 10.1. The van der Waals surface area contributed by atoms with Crippen LogP contribution in [-0.4, -0.2) is 20.7 Å². The van der Waals surface area contributed by atoms with E-state index in [9.17, 15) is 9.18 Å². The van der Waals surface area contributed by atoms with Gasteiger partial charge in [0.2, 0.25) is 5.91 Å². The van der Waals surface area contributed by atoms with Gasteiger partial charge in [-0.3, -0.25) is 14.5 Å². The lowest BCUT2D eigenvalue weighted by Gasteiger charge is -2.07. The Balaban J connectivity index is 1.48. The maximum absolute atomic E-state index is 13.5. The van der Waals surface area contributed by atoms with Crippen LogP contribution in [0, 0.1) is 12.7 Å². The lowest BCUT2D eigenvalue weighted by molar-refractivity contribution is -0.121. The number of nitrogens with zero attached hydrogens (tertiary/aromatic N) is 3. The molecular formula is C20H21FN4O. The van der Waals surface area contributed by atoms with Crippen molar-refractivity contribution in [2.45, 2.75) is 26.3 Å². The van der Waals surface area contributed by atoms with Crippen LogP contribution >= 0.6 is 0 Å². The number of nitrogens with one attached hydrogen (secondary N) is 1. The second-order valence-electron chi connectivity index (χ2n) is 6.31. The average molecular weight is 352 g/mol. The fourth-order valence-corrected chi connectivity index (χ4v) is 2.59. The van der Waals surface area contributed by atoms with Crippen molar-refractivity contribution >= 4 is 5.91 Å². The number of carbonyl (C=O) groups is 1. The molecule has 0 spiro atoms. The second-order valence-corrected chi connectivity index (χ2v) is 6.31. The predicted octanol–water partition coefficient (Wildman–Crippen LogP) is 3.18. The van der Waals surface area contributed by atoms with E-state index >= 15 is 0 Å². The Labute approximate surface area is 151 Å². The Morgan fingerprint density at radius 3 is 2.65 bits per heavy atom. The average Bonchev–Trinajstić information content (AvgIpc) is 3.08. The van der Waals surface area contributed by atoms with Crippen LogP contribution in [0.25, 0.3) is 11.3 Å². The molecule has 0 saturated carbocycles. The van der Waals surface area contributed by atoms with Gasteiger partial charge in [0.05, 0.1) is 11.9 Å². The molecule has 1 aromatic carbocycles. The van der Waals surface area contributed by atoms with Crippen molar-refractivity contribution in [3.63, 3.8) is 0 Å². The van der Waals surface area contributed by atoms with Gasteiger partial charge in [-0.2, -0.15) is 5.10 Å². The first-order valence-corrected chi connectivity index (χ1v) is 8.47. The zero-order valence-electron chi connectivity index (χ0n) is 14.9. The molecule has 0 radical (unpaired) electrons. The number of hydrogen-bond acceptors (Lipinski definition) is 3. The van der Waals surface area contributed by atoms with Crippen LogP contribution in [0.5, 0.6) is 0 Å². The molecule has 0 atom stereocenters.